The Labute approximate surface area is 177 Å². The number of aromatic nitrogens is 4. The lowest BCUT2D eigenvalue weighted by atomic mass is 10.1. The van der Waals surface area contributed by atoms with Gasteiger partial charge in [-0.1, -0.05) is 29.8 Å². The number of halogens is 1. The van der Waals surface area contributed by atoms with Crippen molar-refractivity contribution in [3.8, 4) is 5.69 Å². The molecule has 2 aromatic carbocycles. The topological polar surface area (TPSA) is 81.8 Å². The lowest BCUT2D eigenvalue weighted by Crippen LogP contribution is -2.31. The quantitative estimate of drug-likeness (QED) is 0.543. The number of anilines is 1. The Morgan fingerprint density at radius 1 is 1.13 bits per heavy atom. The Bertz CT molecular complexity index is 1340. The molecule has 2 aromatic heterocycles. The zero-order chi connectivity index (χ0) is 21.4. The number of aryl methyl sites for hydroxylation is 3. The molecular formula is C22H20ClN5O2. The third-order valence-corrected chi connectivity index (χ3v) is 5.12. The summed E-state index contributed by atoms with van der Waals surface area (Å²) >= 11 is 6.10. The zero-order valence-corrected chi connectivity index (χ0v) is 17.6. The average Bonchev–Trinajstić information content (AvgIpc) is 3.15. The van der Waals surface area contributed by atoms with Crippen molar-refractivity contribution in [2.45, 2.75) is 27.3 Å². The smallest absolute Gasteiger partial charge is 0.293 e. The number of nitrogens with one attached hydrogen (secondary N) is 1. The first kappa shape index (κ1) is 19.8. The van der Waals surface area contributed by atoms with E-state index in [0.717, 1.165) is 16.8 Å². The molecule has 0 unspecified atom stereocenters. The van der Waals surface area contributed by atoms with Gasteiger partial charge >= 0.3 is 0 Å². The van der Waals surface area contributed by atoms with Crippen LogP contribution in [0.25, 0.3) is 16.6 Å². The minimum absolute atomic E-state index is 0.205. The Morgan fingerprint density at radius 3 is 2.70 bits per heavy atom. The summed E-state index contributed by atoms with van der Waals surface area (Å²) in [5.41, 5.74) is 3.92. The van der Waals surface area contributed by atoms with Crippen molar-refractivity contribution in [3.63, 3.8) is 0 Å². The van der Waals surface area contributed by atoms with Crippen LogP contribution in [0, 0.1) is 20.8 Å². The molecular weight excluding hydrogens is 402 g/mol. The van der Waals surface area contributed by atoms with E-state index in [-0.39, 0.29) is 12.5 Å². The average molecular weight is 422 g/mol. The molecule has 0 saturated carbocycles. The maximum atomic E-state index is 13.2. The van der Waals surface area contributed by atoms with Crippen LogP contribution in [-0.2, 0) is 11.3 Å². The molecule has 4 rings (SSSR count). The number of benzene rings is 2. The lowest BCUT2D eigenvalue weighted by Gasteiger charge is -2.11. The maximum Gasteiger partial charge on any atom is 0.293 e. The van der Waals surface area contributed by atoms with E-state index < -0.39 is 5.56 Å². The molecule has 4 aromatic rings. The molecule has 0 bridgehead atoms. The molecule has 0 atom stereocenters. The monoisotopic (exact) mass is 421 g/mol. The third-order valence-electron chi connectivity index (χ3n) is 4.88. The van der Waals surface area contributed by atoms with Gasteiger partial charge in [0.25, 0.3) is 5.56 Å². The second-order valence-electron chi connectivity index (χ2n) is 7.21. The van der Waals surface area contributed by atoms with Crippen molar-refractivity contribution in [2.24, 2.45) is 0 Å². The van der Waals surface area contributed by atoms with Gasteiger partial charge in [-0.2, -0.15) is 10.2 Å². The van der Waals surface area contributed by atoms with E-state index in [0.29, 0.717) is 27.3 Å². The van der Waals surface area contributed by atoms with Gasteiger partial charge in [-0.15, -0.1) is 0 Å². The van der Waals surface area contributed by atoms with Crippen molar-refractivity contribution < 1.29 is 4.79 Å². The van der Waals surface area contributed by atoms with Gasteiger partial charge < -0.3 is 5.32 Å². The van der Waals surface area contributed by atoms with Gasteiger partial charge in [0.05, 0.1) is 17.6 Å². The number of rotatable bonds is 4. The van der Waals surface area contributed by atoms with Crippen LogP contribution in [0.3, 0.4) is 0 Å². The molecule has 1 N–H and O–H groups in total. The standard InChI is InChI=1S/C22H20ClN5O2/c1-13-7-8-14(2)19(9-13)25-20(29)12-27-22(30)21-18(15(3)26-27)11-24-28(21)17-6-4-5-16(23)10-17/h4-11H,12H2,1-3H3,(H,25,29). The summed E-state index contributed by atoms with van der Waals surface area (Å²) in [6, 6.07) is 12.9. The molecule has 0 saturated heterocycles. The summed E-state index contributed by atoms with van der Waals surface area (Å²) in [5, 5.41) is 12.7. The normalized spacial score (nSPS) is 11.1. The molecule has 0 aliphatic heterocycles. The number of carbonyl (C=O) groups is 1. The highest BCUT2D eigenvalue weighted by Gasteiger charge is 2.17. The fourth-order valence-electron chi connectivity index (χ4n) is 3.33. The van der Waals surface area contributed by atoms with Gasteiger partial charge in [0, 0.05) is 16.1 Å². The summed E-state index contributed by atoms with van der Waals surface area (Å²) in [7, 11) is 0. The predicted molar refractivity (Wildman–Crippen MR) is 117 cm³/mol. The molecule has 152 valence electrons. The number of carbonyl (C=O) groups excluding carboxylic acids is 1. The minimum atomic E-state index is -0.399. The van der Waals surface area contributed by atoms with E-state index in [2.05, 4.69) is 15.5 Å². The highest BCUT2D eigenvalue weighted by molar-refractivity contribution is 6.30. The number of hydrogen-bond donors (Lipinski definition) is 1. The highest BCUT2D eigenvalue weighted by atomic mass is 35.5. The van der Waals surface area contributed by atoms with E-state index >= 15 is 0 Å². The van der Waals surface area contributed by atoms with Crippen molar-refractivity contribution in [3.05, 3.63) is 80.9 Å². The van der Waals surface area contributed by atoms with Crippen LogP contribution in [0.5, 0.6) is 0 Å². The van der Waals surface area contributed by atoms with Crippen molar-refractivity contribution in [2.75, 3.05) is 5.32 Å². The van der Waals surface area contributed by atoms with Crippen LogP contribution in [0.4, 0.5) is 5.69 Å². The first-order chi connectivity index (χ1) is 14.3. The van der Waals surface area contributed by atoms with Gasteiger partial charge in [-0.3, -0.25) is 9.59 Å². The number of hydrogen-bond acceptors (Lipinski definition) is 4. The van der Waals surface area contributed by atoms with Crippen molar-refractivity contribution >= 4 is 34.1 Å². The summed E-state index contributed by atoms with van der Waals surface area (Å²) in [6.07, 6.45) is 1.60. The summed E-state index contributed by atoms with van der Waals surface area (Å²) in [6.45, 7) is 5.45. The van der Waals surface area contributed by atoms with Crippen LogP contribution in [0.15, 0.2) is 53.5 Å². The molecule has 2 heterocycles. The zero-order valence-electron chi connectivity index (χ0n) is 16.8. The van der Waals surface area contributed by atoms with E-state index in [9.17, 15) is 9.59 Å². The molecule has 0 fully saturated rings. The van der Waals surface area contributed by atoms with E-state index in [4.69, 9.17) is 11.6 Å². The van der Waals surface area contributed by atoms with E-state index in [1.54, 1.807) is 31.3 Å². The number of nitrogens with zero attached hydrogens (tertiary/aromatic N) is 4. The fourth-order valence-corrected chi connectivity index (χ4v) is 3.51. The van der Waals surface area contributed by atoms with Crippen LogP contribution in [-0.4, -0.2) is 25.5 Å². The molecule has 0 aliphatic rings. The fraction of sp³-hybridized carbons (Fsp3) is 0.182. The van der Waals surface area contributed by atoms with Crippen molar-refractivity contribution in [1.82, 2.24) is 19.6 Å². The predicted octanol–water partition coefficient (Wildman–Crippen LogP) is 3.80. The first-order valence-electron chi connectivity index (χ1n) is 9.42. The maximum absolute atomic E-state index is 13.2. The summed E-state index contributed by atoms with van der Waals surface area (Å²) in [5.74, 6) is -0.328. The van der Waals surface area contributed by atoms with Gasteiger partial charge in [-0.25, -0.2) is 9.36 Å². The van der Waals surface area contributed by atoms with E-state index in [1.807, 2.05) is 38.1 Å². The molecule has 0 spiro atoms. The molecule has 8 heteroatoms. The molecule has 7 nitrogen and oxygen atoms in total. The Kier molecular flexibility index (Phi) is 5.13. The molecule has 1 amide bonds. The second kappa shape index (κ2) is 7.76. The Morgan fingerprint density at radius 2 is 1.93 bits per heavy atom. The third kappa shape index (κ3) is 3.71. The SMILES string of the molecule is Cc1ccc(C)c(NC(=O)Cn2nc(C)c3cnn(-c4cccc(Cl)c4)c3c2=O)c1. The Balaban J connectivity index is 1.72. The van der Waals surface area contributed by atoms with Gasteiger partial charge in [0.1, 0.15) is 12.1 Å². The van der Waals surface area contributed by atoms with Crippen LogP contribution < -0.4 is 10.9 Å². The van der Waals surface area contributed by atoms with Gasteiger partial charge in [0.15, 0.2) is 0 Å². The molecule has 30 heavy (non-hydrogen) atoms. The lowest BCUT2D eigenvalue weighted by molar-refractivity contribution is -0.117. The van der Waals surface area contributed by atoms with Crippen LogP contribution in [0.1, 0.15) is 16.8 Å². The summed E-state index contributed by atoms with van der Waals surface area (Å²) in [4.78, 5) is 25.8. The first-order valence-corrected chi connectivity index (χ1v) is 9.80. The molecule has 0 radical (unpaired) electrons. The van der Waals surface area contributed by atoms with E-state index in [1.165, 1.54) is 9.36 Å². The van der Waals surface area contributed by atoms with Crippen molar-refractivity contribution in [1.29, 1.82) is 0 Å². The van der Waals surface area contributed by atoms with Gasteiger partial charge in [0.2, 0.25) is 5.91 Å². The number of fused-ring (bicyclic) bond motifs is 1. The van der Waals surface area contributed by atoms with Crippen LogP contribution in [0.2, 0.25) is 5.02 Å². The Hall–Kier alpha value is -3.45. The van der Waals surface area contributed by atoms with Crippen LogP contribution >= 0.6 is 11.6 Å². The second-order valence-corrected chi connectivity index (χ2v) is 7.65. The molecule has 0 aliphatic carbocycles. The minimum Gasteiger partial charge on any atom is -0.324 e. The number of amides is 1. The summed E-state index contributed by atoms with van der Waals surface area (Å²) < 4.78 is 2.69. The highest BCUT2D eigenvalue weighted by Crippen LogP contribution is 2.20. The largest absolute Gasteiger partial charge is 0.324 e. The van der Waals surface area contributed by atoms with Gasteiger partial charge in [-0.05, 0) is 56.2 Å².